The topological polar surface area (TPSA) is 26.9 Å². The van der Waals surface area contributed by atoms with E-state index in [0.717, 1.165) is 53.8 Å². The lowest BCUT2D eigenvalue weighted by molar-refractivity contribution is 1.18. The standard InChI is InChI=1S/C49H30N2OS/c52-49-41-29-33(31-11-9-13-35(27-31)50-43-19-5-1-15-37(43)38-16-2-6-20-44(38)50)23-25-47(41)53-48-26-24-34(30-42(48)49)32-12-10-14-36(28-32)51-45-21-7-3-17-39(45)40-18-4-8-22-46(40)51/h1-30H. The van der Waals surface area contributed by atoms with Gasteiger partial charge in [-0.2, -0.15) is 0 Å². The highest BCUT2D eigenvalue weighted by Gasteiger charge is 2.15. The fourth-order valence-corrected chi connectivity index (χ4v) is 9.30. The Labute approximate surface area is 308 Å². The zero-order valence-electron chi connectivity index (χ0n) is 28.5. The maximum absolute atomic E-state index is 14.3. The van der Waals surface area contributed by atoms with E-state index in [9.17, 15) is 4.79 Å². The van der Waals surface area contributed by atoms with Gasteiger partial charge in [-0.1, -0.05) is 109 Å². The molecule has 0 fully saturated rings. The van der Waals surface area contributed by atoms with E-state index >= 15 is 0 Å². The van der Waals surface area contributed by atoms with Gasteiger partial charge in [0.2, 0.25) is 0 Å². The van der Waals surface area contributed by atoms with Gasteiger partial charge in [-0.05, 0) is 95.1 Å². The molecule has 11 aromatic rings. The van der Waals surface area contributed by atoms with E-state index < -0.39 is 0 Å². The van der Waals surface area contributed by atoms with Crippen molar-refractivity contribution in [2.45, 2.75) is 0 Å². The first-order valence-electron chi connectivity index (χ1n) is 17.9. The van der Waals surface area contributed by atoms with Crippen LogP contribution in [-0.2, 0) is 0 Å². The number of para-hydroxylation sites is 4. The van der Waals surface area contributed by atoms with Gasteiger partial charge >= 0.3 is 0 Å². The number of aromatic nitrogens is 2. The van der Waals surface area contributed by atoms with Crippen LogP contribution in [-0.4, -0.2) is 9.13 Å². The predicted octanol–water partition coefficient (Wildman–Crippen LogP) is 12.9. The van der Waals surface area contributed by atoms with Crippen LogP contribution in [0.5, 0.6) is 0 Å². The lowest BCUT2D eigenvalue weighted by Gasteiger charge is -2.12. The van der Waals surface area contributed by atoms with E-state index in [4.69, 9.17) is 0 Å². The summed E-state index contributed by atoms with van der Waals surface area (Å²) < 4.78 is 6.65. The predicted molar refractivity (Wildman–Crippen MR) is 225 cm³/mol. The normalized spacial score (nSPS) is 11.8. The molecule has 0 aliphatic heterocycles. The summed E-state index contributed by atoms with van der Waals surface area (Å²) in [4.78, 5) is 14.3. The van der Waals surface area contributed by atoms with Crippen molar-refractivity contribution >= 4 is 75.1 Å². The molecule has 248 valence electrons. The molecule has 3 nitrogen and oxygen atoms in total. The minimum absolute atomic E-state index is 0.0644. The smallest absolute Gasteiger partial charge is 0.195 e. The molecule has 0 atom stereocenters. The van der Waals surface area contributed by atoms with Crippen molar-refractivity contribution in [1.82, 2.24) is 9.13 Å². The number of rotatable bonds is 4. The molecule has 8 aromatic carbocycles. The molecule has 0 bridgehead atoms. The van der Waals surface area contributed by atoms with Gasteiger partial charge in [-0.25, -0.2) is 0 Å². The van der Waals surface area contributed by atoms with Crippen LogP contribution in [0.25, 0.3) is 97.4 Å². The van der Waals surface area contributed by atoms with E-state index in [-0.39, 0.29) is 5.43 Å². The van der Waals surface area contributed by atoms with E-state index in [1.165, 1.54) is 43.6 Å². The molecule has 0 saturated heterocycles. The third kappa shape index (κ3) is 4.63. The molecular weight excluding hydrogens is 665 g/mol. The molecule has 11 rings (SSSR count). The third-order valence-electron chi connectivity index (χ3n) is 10.7. The summed E-state index contributed by atoms with van der Waals surface area (Å²) in [5, 5.41) is 6.45. The summed E-state index contributed by atoms with van der Waals surface area (Å²) in [7, 11) is 0. The molecule has 53 heavy (non-hydrogen) atoms. The number of benzene rings is 8. The number of hydrogen-bond donors (Lipinski definition) is 0. The molecule has 0 radical (unpaired) electrons. The van der Waals surface area contributed by atoms with Gasteiger partial charge in [0.1, 0.15) is 0 Å². The van der Waals surface area contributed by atoms with Crippen molar-refractivity contribution in [2.24, 2.45) is 0 Å². The second-order valence-corrected chi connectivity index (χ2v) is 14.8. The van der Waals surface area contributed by atoms with Crippen molar-refractivity contribution < 1.29 is 0 Å². The minimum Gasteiger partial charge on any atom is -0.309 e. The number of hydrogen-bond acceptors (Lipinski definition) is 2. The average molecular weight is 695 g/mol. The van der Waals surface area contributed by atoms with E-state index in [2.05, 4.69) is 191 Å². The molecule has 0 amide bonds. The van der Waals surface area contributed by atoms with Crippen LogP contribution in [0.4, 0.5) is 0 Å². The summed E-state index contributed by atoms with van der Waals surface area (Å²) in [5.41, 5.74) is 11.2. The highest BCUT2D eigenvalue weighted by Crippen LogP contribution is 2.37. The van der Waals surface area contributed by atoms with Gasteiger partial charge in [0.15, 0.2) is 5.43 Å². The Bertz CT molecular complexity index is 3000. The Morgan fingerprint density at radius 2 is 0.679 bits per heavy atom. The Kier molecular flexibility index (Phi) is 6.57. The summed E-state index contributed by atoms with van der Waals surface area (Å²) >= 11 is 1.67. The molecule has 0 saturated carbocycles. The van der Waals surface area contributed by atoms with Crippen LogP contribution in [0.1, 0.15) is 0 Å². The van der Waals surface area contributed by atoms with Gasteiger partial charge in [-0.15, -0.1) is 11.3 Å². The second-order valence-electron chi connectivity index (χ2n) is 13.7. The van der Waals surface area contributed by atoms with Gasteiger partial charge in [-0.3, -0.25) is 4.79 Å². The van der Waals surface area contributed by atoms with Crippen LogP contribution in [0.3, 0.4) is 0 Å². The Hall–Kier alpha value is -6.75. The van der Waals surface area contributed by atoms with Crippen LogP contribution in [0.2, 0.25) is 0 Å². The fourth-order valence-electron chi connectivity index (χ4n) is 8.27. The van der Waals surface area contributed by atoms with Crippen molar-refractivity contribution in [1.29, 1.82) is 0 Å². The van der Waals surface area contributed by atoms with Crippen LogP contribution in [0.15, 0.2) is 187 Å². The highest BCUT2D eigenvalue weighted by atomic mass is 32.1. The molecule has 0 spiro atoms. The number of nitrogens with zero attached hydrogens (tertiary/aromatic N) is 2. The third-order valence-corrected chi connectivity index (χ3v) is 11.9. The number of fused-ring (bicyclic) bond motifs is 8. The van der Waals surface area contributed by atoms with Crippen LogP contribution in [0, 0.1) is 0 Å². The molecule has 4 heteroatoms. The molecule has 0 N–H and O–H groups in total. The Morgan fingerprint density at radius 3 is 1.08 bits per heavy atom. The quantitative estimate of drug-likeness (QED) is 0.169. The van der Waals surface area contributed by atoms with Crippen molar-refractivity contribution in [3.05, 3.63) is 192 Å². The van der Waals surface area contributed by atoms with Gasteiger partial charge < -0.3 is 9.13 Å². The first kappa shape index (κ1) is 29.9. The Balaban J connectivity index is 1.02. The Morgan fingerprint density at radius 1 is 0.321 bits per heavy atom. The zero-order valence-corrected chi connectivity index (χ0v) is 29.3. The van der Waals surface area contributed by atoms with Crippen molar-refractivity contribution in [3.8, 4) is 33.6 Å². The first-order valence-corrected chi connectivity index (χ1v) is 18.7. The van der Waals surface area contributed by atoms with Crippen molar-refractivity contribution in [3.63, 3.8) is 0 Å². The van der Waals surface area contributed by atoms with Crippen molar-refractivity contribution in [2.75, 3.05) is 0 Å². The maximum Gasteiger partial charge on any atom is 0.195 e. The van der Waals surface area contributed by atoms with E-state index in [1.807, 2.05) is 0 Å². The average Bonchev–Trinajstić information content (AvgIpc) is 3.74. The van der Waals surface area contributed by atoms with Gasteiger partial charge in [0, 0.05) is 53.1 Å². The molecule has 3 aromatic heterocycles. The van der Waals surface area contributed by atoms with Gasteiger partial charge in [0.25, 0.3) is 0 Å². The second kappa shape index (κ2) is 11.6. The SMILES string of the molecule is O=c1c2cc(-c3cccc(-n4c5ccccc5c5ccccc54)c3)ccc2sc2ccc(-c3cccc(-n4c5ccccc5c5ccccc54)c3)cc12. The molecule has 0 aliphatic rings. The minimum atomic E-state index is 0.0644. The molecular formula is C49H30N2OS. The zero-order chi connectivity index (χ0) is 35.0. The van der Waals surface area contributed by atoms with E-state index in [0.29, 0.717) is 0 Å². The summed E-state index contributed by atoms with van der Waals surface area (Å²) in [6.45, 7) is 0. The summed E-state index contributed by atoms with van der Waals surface area (Å²) in [5.74, 6) is 0. The molecule has 0 aliphatic carbocycles. The maximum atomic E-state index is 14.3. The molecule has 3 heterocycles. The van der Waals surface area contributed by atoms with Gasteiger partial charge in [0.05, 0.1) is 22.1 Å². The monoisotopic (exact) mass is 694 g/mol. The highest BCUT2D eigenvalue weighted by molar-refractivity contribution is 7.24. The first-order chi connectivity index (χ1) is 26.2. The van der Waals surface area contributed by atoms with E-state index in [1.54, 1.807) is 11.3 Å². The lowest BCUT2D eigenvalue weighted by Crippen LogP contribution is -2.01. The molecule has 0 unspecified atom stereocenters. The largest absolute Gasteiger partial charge is 0.309 e. The fraction of sp³-hybridized carbons (Fsp3) is 0. The summed E-state index contributed by atoms with van der Waals surface area (Å²) in [6, 6.07) is 64.2. The summed E-state index contributed by atoms with van der Waals surface area (Å²) in [6.07, 6.45) is 0. The van der Waals surface area contributed by atoms with Crippen LogP contribution < -0.4 is 5.43 Å². The lowest BCUT2D eigenvalue weighted by atomic mass is 10.0. The van der Waals surface area contributed by atoms with Crippen LogP contribution >= 0.6 is 11.3 Å².